The summed E-state index contributed by atoms with van der Waals surface area (Å²) in [7, 11) is 0. The van der Waals surface area contributed by atoms with Gasteiger partial charge in [0.1, 0.15) is 0 Å². The number of amides is 1. The van der Waals surface area contributed by atoms with Crippen molar-refractivity contribution in [2.45, 2.75) is 58.6 Å². The molecule has 0 aliphatic rings. The Bertz CT molecular complexity index is 199. The number of carbonyl (C=O) groups excluding carboxylic acids is 1. The van der Waals surface area contributed by atoms with Crippen LogP contribution in [0.3, 0.4) is 0 Å². The average Bonchev–Trinajstić information content (AvgIpc) is 2.27. The highest BCUT2D eigenvalue weighted by Crippen LogP contribution is 2.12. The van der Waals surface area contributed by atoms with Crippen LogP contribution in [0, 0.1) is 5.92 Å². The van der Waals surface area contributed by atoms with Gasteiger partial charge in [-0.1, -0.05) is 40.0 Å². The molecular formula is C12H27ClN2O2. The van der Waals surface area contributed by atoms with Gasteiger partial charge in [0.15, 0.2) is 0 Å². The first-order valence-corrected chi connectivity index (χ1v) is 6.28. The summed E-state index contributed by atoms with van der Waals surface area (Å²) in [6.45, 7) is 6.39. The number of halogens is 1. The zero-order valence-electron chi connectivity index (χ0n) is 11.1. The lowest BCUT2D eigenvalue weighted by Gasteiger charge is -2.21. The predicted molar refractivity (Wildman–Crippen MR) is 73.2 cm³/mol. The Morgan fingerprint density at radius 2 is 1.82 bits per heavy atom. The van der Waals surface area contributed by atoms with E-state index in [0.29, 0.717) is 13.0 Å². The van der Waals surface area contributed by atoms with Crippen molar-refractivity contribution >= 4 is 18.3 Å². The molecule has 104 valence electrons. The average molecular weight is 267 g/mol. The Morgan fingerprint density at radius 1 is 1.29 bits per heavy atom. The molecule has 4 N–H and O–H groups in total. The first-order valence-electron chi connectivity index (χ1n) is 6.28. The second kappa shape index (κ2) is 10.8. The van der Waals surface area contributed by atoms with Crippen molar-refractivity contribution in [2.75, 3.05) is 6.54 Å². The molecule has 0 aliphatic heterocycles. The summed E-state index contributed by atoms with van der Waals surface area (Å²) in [6.07, 6.45) is 2.97. The molecule has 2 atom stereocenters. The number of nitrogens with two attached hydrogens (primary N) is 1. The summed E-state index contributed by atoms with van der Waals surface area (Å²) in [4.78, 5) is 11.5. The number of aliphatic hydroxyl groups is 1. The molecule has 0 saturated heterocycles. The number of nitrogens with one attached hydrogen (secondary N) is 1. The third-order valence-electron chi connectivity index (χ3n) is 3.01. The summed E-state index contributed by atoms with van der Waals surface area (Å²) in [5, 5.41) is 12.5. The van der Waals surface area contributed by atoms with Crippen molar-refractivity contribution < 1.29 is 9.90 Å². The standard InChI is InChI=1S/C12H26N2O2.ClH/c1-4-7-10(13)12(16)14-8-11(15)9(5-2)6-3;/h9-11,15H,4-8,13H2,1-3H3,(H,14,16);1H. The molecule has 0 saturated carbocycles. The molecule has 0 rings (SSSR count). The molecule has 0 spiro atoms. The zero-order chi connectivity index (χ0) is 12.6. The van der Waals surface area contributed by atoms with Crippen LogP contribution in [-0.4, -0.2) is 29.7 Å². The third kappa shape index (κ3) is 7.58. The van der Waals surface area contributed by atoms with Crippen LogP contribution in [0.2, 0.25) is 0 Å². The lowest BCUT2D eigenvalue weighted by Crippen LogP contribution is -2.44. The molecule has 0 bridgehead atoms. The van der Waals surface area contributed by atoms with Gasteiger partial charge in [-0.3, -0.25) is 4.79 Å². The van der Waals surface area contributed by atoms with Crippen LogP contribution < -0.4 is 11.1 Å². The van der Waals surface area contributed by atoms with Gasteiger partial charge in [-0.15, -0.1) is 12.4 Å². The number of hydrogen-bond acceptors (Lipinski definition) is 3. The van der Waals surface area contributed by atoms with Gasteiger partial charge in [-0.25, -0.2) is 0 Å². The minimum Gasteiger partial charge on any atom is -0.391 e. The van der Waals surface area contributed by atoms with Crippen molar-refractivity contribution in [2.24, 2.45) is 11.7 Å². The van der Waals surface area contributed by atoms with E-state index in [1.807, 2.05) is 20.8 Å². The molecule has 0 fully saturated rings. The smallest absolute Gasteiger partial charge is 0.237 e. The molecular weight excluding hydrogens is 240 g/mol. The molecule has 5 heteroatoms. The zero-order valence-corrected chi connectivity index (χ0v) is 11.9. The first kappa shape index (κ1) is 19.0. The Kier molecular flexibility index (Phi) is 12.1. The van der Waals surface area contributed by atoms with E-state index in [1.165, 1.54) is 0 Å². The lowest BCUT2D eigenvalue weighted by atomic mass is 9.96. The fourth-order valence-corrected chi connectivity index (χ4v) is 1.78. The first-order chi connectivity index (χ1) is 7.56. The van der Waals surface area contributed by atoms with E-state index in [-0.39, 0.29) is 24.2 Å². The predicted octanol–water partition coefficient (Wildman–Crippen LogP) is 1.45. The summed E-state index contributed by atoms with van der Waals surface area (Å²) in [6, 6.07) is -0.445. The summed E-state index contributed by atoms with van der Waals surface area (Å²) < 4.78 is 0. The molecule has 0 radical (unpaired) electrons. The van der Waals surface area contributed by atoms with Crippen LogP contribution in [0.5, 0.6) is 0 Å². The SMILES string of the molecule is CCCC(N)C(=O)NCC(O)C(CC)CC.Cl. The molecule has 0 aromatic heterocycles. The van der Waals surface area contributed by atoms with Crippen LogP contribution in [-0.2, 0) is 4.79 Å². The van der Waals surface area contributed by atoms with Gasteiger partial charge in [0.05, 0.1) is 12.1 Å². The fourth-order valence-electron chi connectivity index (χ4n) is 1.78. The van der Waals surface area contributed by atoms with Crippen molar-refractivity contribution in [3.63, 3.8) is 0 Å². The minimum atomic E-state index is -0.465. The van der Waals surface area contributed by atoms with Gasteiger partial charge >= 0.3 is 0 Å². The molecule has 0 aromatic rings. The Hall–Kier alpha value is -0.320. The Labute approximate surface area is 111 Å². The van der Waals surface area contributed by atoms with Crippen LogP contribution in [0.15, 0.2) is 0 Å². The molecule has 2 unspecified atom stereocenters. The second-order valence-electron chi connectivity index (χ2n) is 4.28. The number of carbonyl (C=O) groups is 1. The van der Waals surface area contributed by atoms with Crippen molar-refractivity contribution in [3.8, 4) is 0 Å². The highest BCUT2D eigenvalue weighted by molar-refractivity contribution is 5.85. The Balaban J connectivity index is 0. The summed E-state index contributed by atoms with van der Waals surface area (Å²) >= 11 is 0. The van der Waals surface area contributed by atoms with E-state index in [9.17, 15) is 9.90 Å². The maximum atomic E-state index is 11.5. The molecule has 0 aromatic carbocycles. The molecule has 4 nitrogen and oxygen atoms in total. The summed E-state index contributed by atoms with van der Waals surface area (Å²) in [5.74, 6) is 0.0922. The topological polar surface area (TPSA) is 75.4 Å². The highest BCUT2D eigenvalue weighted by atomic mass is 35.5. The van der Waals surface area contributed by atoms with Crippen LogP contribution in [0.4, 0.5) is 0 Å². The maximum Gasteiger partial charge on any atom is 0.237 e. The Morgan fingerprint density at radius 3 is 2.24 bits per heavy atom. The van der Waals surface area contributed by atoms with Crippen LogP contribution >= 0.6 is 12.4 Å². The van der Waals surface area contributed by atoms with Gasteiger partial charge in [0.2, 0.25) is 5.91 Å². The van der Waals surface area contributed by atoms with Gasteiger partial charge in [0.25, 0.3) is 0 Å². The number of hydrogen-bond donors (Lipinski definition) is 3. The third-order valence-corrected chi connectivity index (χ3v) is 3.01. The van der Waals surface area contributed by atoms with Crippen molar-refractivity contribution in [1.82, 2.24) is 5.32 Å². The number of aliphatic hydroxyl groups excluding tert-OH is 1. The van der Waals surface area contributed by atoms with Gasteiger partial charge < -0.3 is 16.2 Å². The van der Waals surface area contributed by atoms with Crippen molar-refractivity contribution in [1.29, 1.82) is 0 Å². The molecule has 0 heterocycles. The van der Waals surface area contributed by atoms with Crippen LogP contribution in [0.25, 0.3) is 0 Å². The summed E-state index contributed by atoms with van der Waals surface area (Å²) in [5.41, 5.74) is 5.66. The normalized spacial score (nSPS) is 14.0. The van der Waals surface area contributed by atoms with E-state index in [2.05, 4.69) is 5.32 Å². The monoisotopic (exact) mass is 266 g/mol. The quantitative estimate of drug-likeness (QED) is 0.622. The van der Waals surface area contributed by atoms with Gasteiger partial charge in [-0.2, -0.15) is 0 Å². The minimum absolute atomic E-state index is 0. The van der Waals surface area contributed by atoms with Gasteiger partial charge in [-0.05, 0) is 12.3 Å². The largest absolute Gasteiger partial charge is 0.391 e. The fraction of sp³-hybridized carbons (Fsp3) is 0.917. The highest BCUT2D eigenvalue weighted by Gasteiger charge is 2.18. The molecule has 0 aliphatic carbocycles. The van der Waals surface area contributed by atoms with E-state index in [0.717, 1.165) is 19.3 Å². The second-order valence-corrected chi connectivity index (χ2v) is 4.28. The van der Waals surface area contributed by atoms with Crippen molar-refractivity contribution in [3.05, 3.63) is 0 Å². The van der Waals surface area contributed by atoms with E-state index < -0.39 is 12.1 Å². The van der Waals surface area contributed by atoms with Gasteiger partial charge in [0, 0.05) is 6.54 Å². The van der Waals surface area contributed by atoms with E-state index in [4.69, 9.17) is 5.73 Å². The maximum absolute atomic E-state index is 11.5. The van der Waals surface area contributed by atoms with E-state index in [1.54, 1.807) is 0 Å². The lowest BCUT2D eigenvalue weighted by molar-refractivity contribution is -0.123. The van der Waals surface area contributed by atoms with Crippen LogP contribution in [0.1, 0.15) is 46.5 Å². The van der Waals surface area contributed by atoms with E-state index >= 15 is 0 Å². The molecule has 1 amide bonds. The number of rotatable bonds is 8. The molecule has 17 heavy (non-hydrogen) atoms.